The van der Waals surface area contributed by atoms with Gasteiger partial charge in [-0.2, -0.15) is 5.10 Å². The van der Waals surface area contributed by atoms with Crippen LogP contribution in [0, 0.1) is 5.92 Å². The second-order valence-electron chi connectivity index (χ2n) is 3.87. The van der Waals surface area contributed by atoms with Crippen LogP contribution in [0.25, 0.3) is 0 Å². The molecule has 2 rings (SSSR count). The van der Waals surface area contributed by atoms with E-state index in [2.05, 4.69) is 12.0 Å². The van der Waals surface area contributed by atoms with E-state index in [4.69, 9.17) is 17.3 Å². The molecule has 1 aliphatic rings. The second kappa shape index (κ2) is 3.00. The maximum atomic E-state index is 6.03. The van der Waals surface area contributed by atoms with Crippen LogP contribution < -0.4 is 5.73 Å². The summed E-state index contributed by atoms with van der Waals surface area (Å²) < 4.78 is 1.86. The highest BCUT2D eigenvalue weighted by Crippen LogP contribution is 2.50. The van der Waals surface area contributed by atoms with Gasteiger partial charge in [-0.05, 0) is 19.3 Å². The highest BCUT2D eigenvalue weighted by Gasteiger charge is 2.43. The zero-order valence-electron chi connectivity index (χ0n) is 7.87. The topological polar surface area (TPSA) is 43.8 Å². The molecule has 1 fully saturated rings. The van der Waals surface area contributed by atoms with Crippen LogP contribution in [0.3, 0.4) is 0 Å². The lowest BCUT2D eigenvalue weighted by Gasteiger charge is -2.04. The fourth-order valence-electron chi connectivity index (χ4n) is 1.95. The van der Waals surface area contributed by atoms with Crippen molar-refractivity contribution in [3.63, 3.8) is 0 Å². The zero-order valence-corrected chi connectivity index (χ0v) is 8.62. The van der Waals surface area contributed by atoms with Gasteiger partial charge in [0.05, 0.1) is 16.9 Å². The standard InChI is InChI=1S/C9H14ClN3/c1-5(11)6-3-7(6)9-8(10)4-12-13(9)2/h4-7H,3,11H2,1-2H3. The first-order valence-corrected chi connectivity index (χ1v) is 4.92. The fraction of sp³-hybridized carbons (Fsp3) is 0.667. The quantitative estimate of drug-likeness (QED) is 0.785. The van der Waals surface area contributed by atoms with E-state index in [9.17, 15) is 0 Å². The first kappa shape index (κ1) is 9.03. The summed E-state index contributed by atoms with van der Waals surface area (Å²) in [7, 11) is 1.93. The molecule has 0 spiro atoms. The van der Waals surface area contributed by atoms with Gasteiger partial charge in [-0.15, -0.1) is 0 Å². The number of rotatable bonds is 2. The van der Waals surface area contributed by atoms with Gasteiger partial charge in [-0.3, -0.25) is 4.68 Å². The average molecular weight is 200 g/mol. The summed E-state index contributed by atoms with van der Waals surface area (Å²) in [6, 6.07) is 0.260. The Morgan fingerprint density at radius 1 is 1.77 bits per heavy atom. The molecular weight excluding hydrogens is 186 g/mol. The molecule has 0 aliphatic heterocycles. The molecule has 1 aromatic rings. The molecule has 4 heteroatoms. The van der Waals surface area contributed by atoms with Crippen LogP contribution in [-0.2, 0) is 7.05 Å². The third-order valence-electron chi connectivity index (χ3n) is 2.80. The Hall–Kier alpha value is -0.540. The molecular formula is C9H14ClN3. The maximum absolute atomic E-state index is 6.03. The Morgan fingerprint density at radius 2 is 2.46 bits per heavy atom. The molecule has 0 bridgehead atoms. The Labute approximate surface area is 82.9 Å². The lowest BCUT2D eigenvalue weighted by molar-refractivity contribution is 0.611. The van der Waals surface area contributed by atoms with E-state index in [0.717, 1.165) is 17.1 Å². The average Bonchev–Trinajstić information content (AvgIpc) is 2.76. The summed E-state index contributed by atoms with van der Waals surface area (Å²) in [6.07, 6.45) is 2.85. The van der Waals surface area contributed by atoms with Crippen LogP contribution in [0.4, 0.5) is 0 Å². The Balaban J connectivity index is 2.20. The SMILES string of the molecule is CC(N)C1CC1c1c(Cl)cnn1C. The number of nitrogens with zero attached hydrogens (tertiary/aromatic N) is 2. The monoisotopic (exact) mass is 199 g/mol. The van der Waals surface area contributed by atoms with E-state index in [1.807, 2.05) is 11.7 Å². The number of hydrogen-bond donors (Lipinski definition) is 1. The molecule has 0 radical (unpaired) electrons. The molecule has 1 saturated carbocycles. The number of halogens is 1. The van der Waals surface area contributed by atoms with E-state index < -0.39 is 0 Å². The summed E-state index contributed by atoms with van der Waals surface area (Å²) in [5.74, 6) is 1.12. The van der Waals surface area contributed by atoms with E-state index in [-0.39, 0.29) is 6.04 Å². The van der Waals surface area contributed by atoms with Crippen LogP contribution in [0.1, 0.15) is 25.0 Å². The number of aryl methyl sites for hydroxylation is 1. The van der Waals surface area contributed by atoms with E-state index in [1.165, 1.54) is 0 Å². The van der Waals surface area contributed by atoms with E-state index in [0.29, 0.717) is 11.8 Å². The van der Waals surface area contributed by atoms with Crippen molar-refractivity contribution in [2.45, 2.75) is 25.3 Å². The van der Waals surface area contributed by atoms with Gasteiger partial charge >= 0.3 is 0 Å². The predicted octanol–water partition coefficient (Wildman–Crippen LogP) is 1.52. The first-order valence-electron chi connectivity index (χ1n) is 4.54. The molecule has 1 aliphatic carbocycles. The molecule has 72 valence electrons. The maximum Gasteiger partial charge on any atom is 0.0820 e. The molecule has 0 amide bonds. The largest absolute Gasteiger partial charge is 0.328 e. The van der Waals surface area contributed by atoms with Gasteiger partial charge in [0.25, 0.3) is 0 Å². The molecule has 0 saturated heterocycles. The highest BCUT2D eigenvalue weighted by atomic mass is 35.5. The van der Waals surface area contributed by atoms with Gasteiger partial charge in [0.1, 0.15) is 0 Å². The second-order valence-corrected chi connectivity index (χ2v) is 4.27. The minimum Gasteiger partial charge on any atom is -0.328 e. The summed E-state index contributed by atoms with van der Waals surface area (Å²) >= 11 is 6.03. The van der Waals surface area contributed by atoms with Gasteiger partial charge in [0.15, 0.2) is 0 Å². The molecule has 3 unspecified atom stereocenters. The van der Waals surface area contributed by atoms with Crippen molar-refractivity contribution in [3.8, 4) is 0 Å². The number of nitrogens with two attached hydrogens (primary N) is 1. The highest BCUT2D eigenvalue weighted by molar-refractivity contribution is 6.31. The number of hydrogen-bond acceptors (Lipinski definition) is 2. The summed E-state index contributed by atoms with van der Waals surface area (Å²) in [6.45, 7) is 2.05. The zero-order chi connectivity index (χ0) is 9.59. The third kappa shape index (κ3) is 1.46. The fourth-order valence-corrected chi connectivity index (χ4v) is 2.25. The molecule has 0 aromatic carbocycles. The van der Waals surface area contributed by atoms with Gasteiger partial charge in [0, 0.05) is 19.0 Å². The molecule has 1 heterocycles. The van der Waals surface area contributed by atoms with Gasteiger partial charge in [-0.25, -0.2) is 0 Å². The van der Waals surface area contributed by atoms with E-state index >= 15 is 0 Å². The molecule has 2 N–H and O–H groups in total. The Morgan fingerprint density at radius 3 is 2.85 bits per heavy atom. The summed E-state index contributed by atoms with van der Waals surface area (Å²) in [5.41, 5.74) is 6.96. The molecule has 1 aromatic heterocycles. The minimum absolute atomic E-state index is 0.260. The van der Waals surface area contributed by atoms with Gasteiger partial charge in [0.2, 0.25) is 0 Å². The smallest absolute Gasteiger partial charge is 0.0820 e. The third-order valence-corrected chi connectivity index (χ3v) is 3.10. The normalized spacial score (nSPS) is 28.9. The predicted molar refractivity (Wildman–Crippen MR) is 52.7 cm³/mol. The van der Waals surface area contributed by atoms with Crippen molar-refractivity contribution in [3.05, 3.63) is 16.9 Å². The minimum atomic E-state index is 0.260. The van der Waals surface area contributed by atoms with Gasteiger partial charge in [-0.1, -0.05) is 11.6 Å². The summed E-state index contributed by atoms with van der Waals surface area (Å²) in [5, 5.41) is 4.89. The molecule has 13 heavy (non-hydrogen) atoms. The van der Waals surface area contributed by atoms with Crippen LogP contribution in [0.5, 0.6) is 0 Å². The number of aromatic nitrogens is 2. The van der Waals surface area contributed by atoms with Crippen LogP contribution in [0.2, 0.25) is 5.02 Å². The molecule has 3 atom stereocenters. The summed E-state index contributed by atoms with van der Waals surface area (Å²) in [4.78, 5) is 0. The van der Waals surface area contributed by atoms with Crippen LogP contribution in [0.15, 0.2) is 6.20 Å². The van der Waals surface area contributed by atoms with Crippen molar-refractivity contribution in [2.24, 2.45) is 18.7 Å². The lowest BCUT2D eigenvalue weighted by atomic mass is 10.1. The Bertz CT molecular complexity index is 299. The Kier molecular flexibility index (Phi) is 2.08. The van der Waals surface area contributed by atoms with Crippen molar-refractivity contribution in [1.82, 2.24) is 9.78 Å². The van der Waals surface area contributed by atoms with Gasteiger partial charge < -0.3 is 5.73 Å². The van der Waals surface area contributed by atoms with Crippen molar-refractivity contribution in [1.29, 1.82) is 0 Å². The van der Waals surface area contributed by atoms with Crippen LogP contribution >= 0.6 is 11.6 Å². The van der Waals surface area contributed by atoms with Crippen molar-refractivity contribution < 1.29 is 0 Å². The lowest BCUT2D eigenvalue weighted by Crippen LogP contribution is -2.18. The first-order chi connectivity index (χ1) is 6.11. The van der Waals surface area contributed by atoms with E-state index in [1.54, 1.807) is 6.20 Å². The van der Waals surface area contributed by atoms with Crippen molar-refractivity contribution in [2.75, 3.05) is 0 Å². The van der Waals surface area contributed by atoms with Crippen molar-refractivity contribution >= 4 is 11.6 Å². The molecule has 3 nitrogen and oxygen atoms in total. The van der Waals surface area contributed by atoms with Crippen LogP contribution in [-0.4, -0.2) is 15.8 Å².